The highest BCUT2D eigenvalue weighted by Crippen LogP contribution is 2.28. The van der Waals surface area contributed by atoms with E-state index in [1.807, 2.05) is 0 Å². The summed E-state index contributed by atoms with van der Waals surface area (Å²) in [6.45, 7) is 0. The number of benzene rings is 3. The Kier molecular flexibility index (Phi) is 3.70. The summed E-state index contributed by atoms with van der Waals surface area (Å²) in [6, 6.07) is 19.6. The van der Waals surface area contributed by atoms with Gasteiger partial charge in [0.2, 0.25) is 0 Å². The molecule has 0 aliphatic rings. The first-order valence-corrected chi connectivity index (χ1v) is 7.19. The number of aryl methyl sites for hydroxylation is 1. The number of fused-ring (bicyclic) bond motifs is 3. The molecule has 0 heteroatoms. The topological polar surface area (TPSA) is 0 Å². The molecule has 0 aliphatic carbocycles. The summed E-state index contributed by atoms with van der Waals surface area (Å²) in [4.78, 5) is 0. The molecule has 0 nitrogen and oxygen atoms in total. The molecule has 0 aliphatic heterocycles. The van der Waals surface area contributed by atoms with Gasteiger partial charge >= 0.3 is 0 Å². The quantitative estimate of drug-likeness (QED) is 0.338. The summed E-state index contributed by atoms with van der Waals surface area (Å²) in [7, 11) is 0. The second-order valence-corrected chi connectivity index (χ2v) is 5.18. The monoisotopic (exact) mass is 257 g/mol. The van der Waals surface area contributed by atoms with Gasteiger partial charge in [0, 0.05) is 6.42 Å². The Morgan fingerprint density at radius 3 is 2.50 bits per heavy atom. The number of hydrogen-bond acceptors (Lipinski definition) is 0. The van der Waals surface area contributed by atoms with Crippen LogP contribution < -0.4 is 0 Å². The van der Waals surface area contributed by atoms with Crippen molar-refractivity contribution >= 4 is 21.5 Å². The van der Waals surface area contributed by atoms with Gasteiger partial charge in [-0.3, -0.25) is 0 Å². The van der Waals surface area contributed by atoms with Crippen LogP contribution in [0.3, 0.4) is 0 Å². The summed E-state index contributed by atoms with van der Waals surface area (Å²) in [5.74, 6) is 2.47. The second-order valence-electron chi connectivity index (χ2n) is 5.18. The first-order chi connectivity index (χ1) is 9.90. The van der Waals surface area contributed by atoms with E-state index in [9.17, 15) is 0 Å². The lowest BCUT2D eigenvalue weighted by Crippen LogP contribution is -1.88. The van der Waals surface area contributed by atoms with Crippen molar-refractivity contribution in [3.05, 3.63) is 66.6 Å². The van der Waals surface area contributed by atoms with E-state index in [0.29, 0.717) is 0 Å². The molecule has 0 fully saturated rings. The maximum Gasteiger partial charge on any atom is 0.00990 e. The van der Waals surface area contributed by atoms with Crippen molar-refractivity contribution in [1.82, 2.24) is 0 Å². The molecule has 0 N–H and O–H groups in total. The van der Waals surface area contributed by atoms with Gasteiger partial charge < -0.3 is 0 Å². The maximum absolute atomic E-state index is 6.96. The van der Waals surface area contributed by atoms with Gasteiger partial charge in [0.15, 0.2) is 0 Å². The molecular weight excluding hydrogens is 240 g/mol. The fraction of sp³-hybridized carbons (Fsp3) is 0.200. The Hall–Kier alpha value is -2.26. The van der Waals surface area contributed by atoms with Crippen molar-refractivity contribution in [1.29, 1.82) is 0 Å². The smallest absolute Gasteiger partial charge is 0.00990 e. The van der Waals surface area contributed by atoms with Crippen molar-refractivity contribution in [3.63, 3.8) is 0 Å². The Labute approximate surface area is 120 Å². The Balaban J connectivity index is 2.02. The molecule has 3 aromatic rings. The predicted molar refractivity (Wildman–Crippen MR) is 86.1 cm³/mol. The highest BCUT2D eigenvalue weighted by molar-refractivity contribution is 6.08. The van der Waals surface area contributed by atoms with Crippen LogP contribution in [0.5, 0.6) is 0 Å². The van der Waals surface area contributed by atoms with Crippen LogP contribution in [0.25, 0.3) is 21.5 Å². The Morgan fingerprint density at radius 1 is 0.750 bits per heavy atom. The minimum atomic E-state index is 0.772. The van der Waals surface area contributed by atoms with Crippen LogP contribution in [0.1, 0.15) is 24.8 Å². The zero-order valence-electron chi connectivity index (χ0n) is 11.5. The molecule has 0 heterocycles. The highest BCUT2D eigenvalue weighted by atomic mass is 14.1. The van der Waals surface area contributed by atoms with E-state index < -0.39 is 0 Å². The first-order valence-electron chi connectivity index (χ1n) is 7.19. The predicted octanol–water partition coefficient (Wildman–Crippen LogP) is 5.30. The third-order valence-electron chi connectivity index (χ3n) is 3.87. The SMILES string of the molecule is [C]#CCCCCc1cccc2c1ccc1ccccc12. The maximum atomic E-state index is 6.96. The van der Waals surface area contributed by atoms with E-state index in [4.69, 9.17) is 6.42 Å². The normalized spacial score (nSPS) is 10.8. The lowest BCUT2D eigenvalue weighted by Gasteiger charge is -2.09. The molecule has 0 amide bonds. The Morgan fingerprint density at radius 2 is 1.60 bits per heavy atom. The average molecular weight is 257 g/mol. The molecule has 0 saturated carbocycles. The standard InChI is InChI=1S/C20H17/c1-2-3-4-5-9-16-11-8-13-20-18-12-7-6-10-17(18)14-15-19(16)20/h6-8,10-15H,3-5,9H2. The molecule has 0 aromatic heterocycles. The minimum Gasteiger partial charge on any atom is -0.0891 e. The van der Waals surface area contributed by atoms with Gasteiger partial charge in [0.05, 0.1) is 0 Å². The van der Waals surface area contributed by atoms with E-state index in [-0.39, 0.29) is 0 Å². The molecule has 3 rings (SSSR count). The van der Waals surface area contributed by atoms with Gasteiger partial charge in [0.1, 0.15) is 0 Å². The molecule has 20 heavy (non-hydrogen) atoms. The van der Waals surface area contributed by atoms with Crippen molar-refractivity contribution < 1.29 is 0 Å². The van der Waals surface area contributed by atoms with Crippen LogP contribution >= 0.6 is 0 Å². The number of unbranched alkanes of at least 4 members (excludes halogenated alkanes) is 2. The van der Waals surface area contributed by atoms with Crippen molar-refractivity contribution in [2.24, 2.45) is 0 Å². The number of hydrogen-bond donors (Lipinski definition) is 0. The van der Waals surface area contributed by atoms with Gasteiger partial charge in [-0.15, -0.1) is 0 Å². The molecule has 1 radical (unpaired) electrons. The lowest BCUT2D eigenvalue weighted by atomic mass is 9.96. The molecule has 0 spiro atoms. The van der Waals surface area contributed by atoms with Crippen LogP contribution in [0.15, 0.2) is 54.6 Å². The average Bonchev–Trinajstić information content (AvgIpc) is 2.51. The van der Waals surface area contributed by atoms with Crippen molar-refractivity contribution in [3.8, 4) is 5.92 Å². The van der Waals surface area contributed by atoms with Crippen LogP contribution in [0.4, 0.5) is 0 Å². The highest BCUT2D eigenvalue weighted by Gasteiger charge is 2.04. The van der Waals surface area contributed by atoms with Crippen molar-refractivity contribution in [2.75, 3.05) is 0 Å². The van der Waals surface area contributed by atoms with Gasteiger partial charge in [-0.25, -0.2) is 0 Å². The van der Waals surface area contributed by atoms with Gasteiger partial charge in [-0.05, 0) is 52.8 Å². The van der Waals surface area contributed by atoms with Crippen LogP contribution in [-0.4, -0.2) is 0 Å². The lowest BCUT2D eigenvalue weighted by molar-refractivity contribution is 0.759. The summed E-state index contributed by atoms with van der Waals surface area (Å²) < 4.78 is 0. The fourth-order valence-electron chi connectivity index (χ4n) is 2.85. The largest absolute Gasteiger partial charge is 0.0891 e. The van der Waals surface area contributed by atoms with E-state index in [0.717, 1.165) is 25.7 Å². The fourth-order valence-corrected chi connectivity index (χ4v) is 2.85. The molecule has 97 valence electrons. The zero-order valence-corrected chi connectivity index (χ0v) is 11.5. The summed E-state index contributed by atoms with van der Waals surface area (Å²) in [5.41, 5.74) is 1.42. The molecule has 0 saturated heterocycles. The van der Waals surface area contributed by atoms with Crippen LogP contribution in [0.2, 0.25) is 0 Å². The van der Waals surface area contributed by atoms with E-state index >= 15 is 0 Å². The van der Waals surface area contributed by atoms with E-state index in [2.05, 4.69) is 60.5 Å². The summed E-state index contributed by atoms with van der Waals surface area (Å²) >= 11 is 0. The Bertz CT molecular complexity index is 775. The molecule has 0 bridgehead atoms. The molecule has 0 atom stereocenters. The summed E-state index contributed by atoms with van der Waals surface area (Å²) in [5, 5.41) is 5.35. The van der Waals surface area contributed by atoms with Gasteiger partial charge in [-0.1, -0.05) is 60.5 Å². The molecule has 0 unspecified atom stereocenters. The summed E-state index contributed by atoms with van der Waals surface area (Å²) in [6.07, 6.45) is 11.0. The van der Waals surface area contributed by atoms with Crippen LogP contribution in [-0.2, 0) is 6.42 Å². The number of rotatable bonds is 4. The molecule has 3 aromatic carbocycles. The zero-order chi connectivity index (χ0) is 13.8. The van der Waals surface area contributed by atoms with E-state index in [1.54, 1.807) is 0 Å². The van der Waals surface area contributed by atoms with Gasteiger partial charge in [-0.2, -0.15) is 0 Å². The molecular formula is C20H17. The van der Waals surface area contributed by atoms with Crippen molar-refractivity contribution in [2.45, 2.75) is 25.7 Å². The second kappa shape index (κ2) is 5.80. The van der Waals surface area contributed by atoms with Crippen LogP contribution in [0, 0.1) is 12.3 Å². The minimum absolute atomic E-state index is 0.772. The third-order valence-corrected chi connectivity index (χ3v) is 3.87. The van der Waals surface area contributed by atoms with Gasteiger partial charge in [0.25, 0.3) is 0 Å². The van der Waals surface area contributed by atoms with E-state index in [1.165, 1.54) is 27.1 Å². The first kappa shape index (κ1) is 12.8. The third kappa shape index (κ3) is 2.40.